The zero-order valence-corrected chi connectivity index (χ0v) is 42.5. The maximum absolute atomic E-state index is 12.8. The van der Waals surface area contributed by atoms with E-state index in [0.29, 0.717) is 19.3 Å². The summed E-state index contributed by atoms with van der Waals surface area (Å²) < 4.78 is 16.8. The molecule has 0 fully saturated rings. The number of esters is 3. The van der Waals surface area contributed by atoms with E-state index in [9.17, 15) is 14.4 Å². The van der Waals surface area contributed by atoms with Crippen LogP contribution in [-0.4, -0.2) is 37.2 Å². The fourth-order valence-electron chi connectivity index (χ4n) is 7.39. The molecule has 0 saturated heterocycles. The zero-order valence-electron chi connectivity index (χ0n) is 42.5. The van der Waals surface area contributed by atoms with E-state index >= 15 is 0 Å². The number of carbonyl (C=O) groups is 3. The number of ether oxygens (including phenoxy) is 3. The van der Waals surface area contributed by atoms with Crippen molar-refractivity contribution in [3.8, 4) is 0 Å². The fourth-order valence-corrected chi connectivity index (χ4v) is 7.39. The summed E-state index contributed by atoms with van der Waals surface area (Å²) in [4.78, 5) is 38.0. The van der Waals surface area contributed by atoms with Crippen molar-refractivity contribution in [2.24, 2.45) is 0 Å². The largest absolute Gasteiger partial charge is 0.462 e. The highest BCUT2D eigenvalue weighted by Crippen LogP contribution is 2.15. The number of hydrogen-bond donors (Lipinski definition) is 0. The van der Waals surface area contributed by atoms with Crippen LogP contribution in [0.5, 0.6) is 0 Å². The van der Waals surface area contributed by atoms with E-state index in [0.717, 1.165) is 116 Å². The second-order valence-electron chi connectivity index (χ2n) is 17.7. The van der Waals surface area contributed by atoms with Gasteiger partial charge in [-0.1, -0.05) is 228 Å². The van der Waals surface area contributed by atoms with Gasteiger partial charge in [0.05, 0.1) is 0 Å². The Morgan fingerprint density at radius 2 is 0.600 bits per heavy atom. The molecular weight excluding hydrogens is 805 g/mol. The van der Waals surface area contributed by atoms with Gasteiger partial charge in [-0.2, -0.15) is 0 Å². The minimum absolute atomic E-state index is 0.0821. The van der Waals surface area contributed by atoms with Crippen LogP contribution < -0.4 is 0 Å². The summed E-state index contributed by atoms with van der Waals surface area (Å²) in [6.45, 7) is 6.39. The van der Waals surface area contributed by atoms with Gasteiger partial charge in [0.25, 0.3) is 0 Å². The minimum atomic E-state index is -0.783. The second kappa shape index (κ2) is 53.2. The molecule has 0 spiro atoms. The highest BCUT2D eigenvalue weighted by atomic mass is 16.6. The van der Waals surface area contributed by atoms with Crippen LogP contribution in [0.1, 0.15) is 252 Å². The third-order valence-electron chi connectivity index (χ3n) is 11.4. The van der Waals surface area contributed by atoms with E-state index in [1.54, 1.807) is 0 Å². The van der Waals surface area contributed by atoms with Crippen LogP contribution in [0.25, 0.3) is 0 Å². The fraction of sp³-hybridized carbons (Fsp3) is 0.712. The molecular formula is C59H100O6. The molecule has 0 aromatic carbocycles. The summed E-state index contributed by atoms with van der Waals surface area (Å²) >= 11 is 0. The van der Waals surface area contributed by atoms with Crippen LogP contribution in [0.15, 0.2) is 85.1 Å². The first kappa shape index (κ1) is 61.6. The number of allylic oxidation sites excluding steroid dienone is 14. The summed E-state index contributed by atoms with van der Waals surface area (Å²) in [5.74, 6) is -0.901. The van der Waals surface area contributed by atoms with Crippen molar-refractivity contribution in [3.05, 3.63) is 85.1 Å². The molecule has 0 aliphatic rings. The maximum Gasteiger partial charge on any atom is 0.306 e. The quantitative estimate of drug-likeness (QED) is 0.0262. The predicted octanol–water partition coefficient (Wildman–Crippen LogP) is 18.0. The van der Waals surface area contributed by atoms with Crippen molar-refractivity contribution in [1.29, 1.82) is 0 Å². The first-order valence-electron chi connectivity index (χ1n) is 27.1. The van der Waals surface area contributed by atoms with Crippen molar-refractivity contribution >= 4 is 17.9 Å². The summed E-state index contributed by atoms with van der Waals surface area (Å²) in [5, 5.41) is 0. The number of rotatable bonds is 48. The van der Waals surface area contributed by atoms with Gasteiger partial charge in [0.1, 0.15) is 13.2 Å². The average molecular weight is 905 g/mol. The molecule has 372 valence electrons. The lowest BCUT2D eigenvalue weighted by molar-refractivity contribution is -0.167. The van der Waals surface area contributed by atoms with Gasteiger partial charge in [-0.15, -0.1) is 0 Å². The molecule has 1 unspecified atom stereocenters. The van der Waals surface area contributed by atoms with Crippen LogP contribution in [0, 0.1) is 0 Å². The monoisotopic (exact) mass is 905 g/mol. The lowest BCUT2D eigenvalue weighted by atomic mass is 10.1. The Morgan fingerprint density at radius 1 is 0.323 bits per heavy atom. The van der Waals surface area contributed by atoms with Crippen LogP contribution in [0.3, 0.4) is 0 Å². The van der Waals surface area contributed by atoms with Gasteiger partial charge in [0, 0.05) is 19.3 Å². The summed E-state index contributed by atoms with van der Waals surface area (Å²) in [7, 11) is 0. The normalized spacial score (nSPS) is 12.7. The maximum atomic E-state index is 12.8. The molecule has 0 bridgehead atoms. The van der Waals surface area contributed by atoms with Crippen molar-refractivity contribution in [1.82, 2.24) is 0 Å². The molecule has 0 aliphatic carbocycles. The Bertz CT molecular complexity index is 1270. The third-order valence-corrected chi connectivity index (χ3v) is 11.4. The van der Waals surface area contributed by atoms with E-state index in [1.165, 1.54) is 96.3 Å². The average Bonchev–Trinajstić information content (AvgIpc) is 3.30. The van der Waals surface area contributed by atoms with Crippen molar-refractivity contribution in [3.63, 3.8) is 0 Å². The lowest BCUT2D eigenvalue weighted by Gasteiger charge is -2.18. The van der Waals surface area contributed by atoms with Gasteiger partial charge in [0.15, 0.2) is 6.10 Å². The van der Waals surface area contributed by atoms with E-state index in [1.807, 2.05) is 0 Å². The van der Waals surface area contributed by atoms with Gasteiger partial charge < -0.3 is 14.2 Å². The molecule has 1 atom stereocenters. The minimum Gasteiger partial charge on any atom is -0.462 e. The van der Waals surface area contributed by atoms with Gasteiger partial charge in [-0.25, -0.2) is 0 Å². The van der Waals surface area contributed by atoms with Crippen molar-refractivity contribution < 1.29 is 28.6 Å². The molecule has 0 heterocycles. The molecule has 65 heavy (non-hydrogen) atoms. The Kier molecular flexibility index (Phi) is 50.4. The first-order valence-corrected chi connectivity index (χ1v) is 27.1. The number of hydrogen-bond acceptors (Lipinski definition) is 6. The van der Waals surface area contributed by atoms with Crippen LogP contribution >= 0.6 is 0 Å². The van der Waals surface area contributed by atoms with Crippen LogP contribution in [-0.2, 0) is 28.6 Å². The molecule has 0 N–H and O–H groups in total. The van der Waals surface area contributed by atoms with E-state index in [4.69, 9.17) is 14.2 Å². The van der Waals surface area contributed by atoms with Gasteiger partial charge >= 0.3 is 17.9 Å². The zero-order chi connectivity index (χ0) is 47.2. The Hall–Kier alpha value is -3.41. The van der Waals surface area contributed by atoms with E-state index < -0.39 is 6.10 Å². The van der Waals surface area contributed by atoms with Crippen LogP contribution in [0.2, 0.25) is 0 Å². The highest BCUT2D eigenvalue weighted by molar-refractivity contribution is 5.71. The standard InChI is InChI=1S/C59H100O6/c1-4-7-10-13-16-19-21-23-25-27-28-29-30-32-33-35-37-40-43-46-49-52-58(61)64-55-56(54-63-57(60)51-48-45-42-39-18-15-12-9-6-3)65-59(62)53-50-47-44-41-38-36-34-31-26-24-22-20-17-14-11-8-5-2/h7-8,10-11,16-17,19-20,23-26,28-29,56H,4-6,9,12-15,18,21-22,27,30-55H2,1-3H3/b10-7-,11-8-,19-16-,20-17-,25-23-,26-24-,29-28-. The van der Waals surface area contributed by atoms with E-state index in [-0.39, 0.29) is 31.1 Å². The van der Waals surface area contributed by atoms with Gasteiger partial charge in [-0.05, 0) is 89.9 Å². The Labute approximate surface area is 401 Å². The first-order chi connectivity index (χ1) is 32.0. The molecule has 0 rings (SSSR count). The summed E-state index contributed by atoms with van der Waals surface area (Å²) in [6, 6.07) is 0. The third kappa shape index (κ3) is 51.4. The SMILES string of the molecule is CC/C=C\C/C=C\C/C=C\C/C=C\CCCCCCCCCCC(=O)OCC(COC(=O)CCCCCCCCCCC)OC(=O)CCCCCCCCC/C=C\C/C=C\C/C=C\CC. The summed E-state index contributed by atoms with van der Waals surface area (Å²) in [6.07, 6.45) is 68.6. The smallest absolute Gasteiger partial charge is 0.306 e. The second-order valence-corrected chi connectivity index (χ2v) is 17.7. The number of unbranched alkanes of at least 4 members (excludes halogenated alkanes) is 23. The molecule has 6 nitrogen and oxygen atoms in total. The molecule has 0 saturated carbocycles. The Morgan fingerprint density at radius 3 is 0.938 bits per heavy atom. The molecule has 0 amide bonds. The van der Waals surface area contributed by atoms with Crippen LogP contribution in [0.4, 0.5) is 0 Å². The highest BCUT2D eigenvalue weighted by Gasteiger charge is 2.19. The molecule has 6 heteroatoms. The predicted molar refractivity (Wildman–Crippen MR) is 279 cm³/mol. The van der Waals surface area contributed by atoms with Crippen molar-refractivity contribution in [2.75, 3.05) is 13.2 Å². The lowest BCUT2D eigenvalue weighted by Crippen LogP contribution is -2.30. The summed E-state index contributed by atoms with van der Waals surface area (Å²) in [5.41, 5.74) is 0. The van der Waals surface area contributed by atoms with E-state index in [2.05, 4.69) is 106 Å². The van der Waals surface area contributed by atoms with Gasteiger partial charge in [0.2, 0.25) is 0 Å². The van der Waals surface area contributed by atoms with Crippen molar-refractivity contribution in [2.45, 2.75) is 258 Å². The topological polar surface area (TPSA) is 78.9 Å². The Balaban J connectivity index is 4.32. The molecule has 0 aromatic rings. The number of carbonyl (C=O) groups excluding carboxylic acids is 3. The molecule has 0 aliphatic heterocycles. The molecule has 0 radical (unpaired) electrons. The molecule has 0 aromatic heterocycles. The van der Waals surface area contributed by atoms with Gasteiger partial charge in [-0.3, -0.25) is 14.4 Å².